The van der Waals surface area contributed by atoms with Gasteiger partial charge in [-0.25, -0.2) is 13.2 Å². The summed E-state index contributed by atoms with van der Waals surface area (Å²) in [5.74, 6) is -1.07. The monoisotopic (exact) mass is 462 g/mol. The Morgan fingerprint density at radius 2 is 1.88 bits per heavy atom. The molecule has 8 heteroatoms. The first kappa shape index (κ1) is 24.5. The molecule has 2 aliphatic rings. The van der Waals surface area contributed by atoms with Crippen LogP contribution in [0.5, 0.6) is 0 Å². The van der Waals surface area contributed by atoms with Gasteiger partial charge in [-0.3, -0.25) is 4.79 Å². The third-order valence-electron chi connectivity index (χ3n) is 6.14. The van der Waals surface area contributed by atoms with Crippen molar-refractivity contribution in [2.45, 2.75) is 76.2 Å². The highest BCUT2D eigenvalue weighted by atomic mass is 32.2. The summed E-state index contributed by atoms with van der Waals surface area (Å²) in [5, 5.41) is 2.81. The minimum Gasteiger partial charge on any atom is -0.449 e. The number of ether oxygens (including phenoxy) is 1. The predicted molar refractivity (Wildman–Crippen MR) is 123 cm³/mol. The van der Waals surface area contributed by atoms with E-state index in [1.165, 1.54) is 41.8 Å². The number of nitrogens with one attached hydrogen (secondary N) is 1. The second kappa shape index (κ2) is 11.1. The van der Waals surface area contributed by atoms with Crippen molar-refractivity contribution in [1.29, 1.82) is 0 Å². The van der Waals surface area contributed by atoms with Gasteiger partial charge in [-0.1, -0.05) is 24.1 Å². The molecule has 1 amide bonds. The zero-order valence-electron chi connectivity index (χ0n) is 19.1. The first-order valence-electron chi connectivity index (χ1n) is 11.6. The van der Waals surface area contributed by atoms with Crippen molar-refractivity contribution >= 4 is 21.9 Å². The van der Waals surface area contributed by atoms with Gasteiger partial charge in [0.15, 0.2) is 6.10 Å². The lowest BCUT2D eigenvalue weighted by molar-refractivity contribution is -0.129. The van der Waals surface area contributed by atoms with Crippen LogP contribution in [-0.4, -0.2) is 50.3 Å². The number of esters is 1. The summed E-state index contributed by atoms with van der Waals surface area (Å²) in [5.41, 5.74) is 2.07. The molecule has 1 aliphatic carbocycles. The zero-order valence-corrected chi connectivity index (χ0v) is 19.9. The van der Waals surface area contributed by atoms with E-state index < -0.39 is 22.1 Å². The molecule has 0 aromatic heterocycles. The van der Waals surface area contributed by atoms with E-state index in [1.54, 1.807) is 13.0 Å². The highest BCUT2D eigenvalue weighted by molar-refractivity contribution is 7.89. The third-order valence-corrected chi connectivity index (χ3v) is 8.18. The minimum atomic E-state index is -3.68. The Morgan fingerprint density at radius 1 is 1.12 bits per heavy atom. The number of nitrogens with zero attached hydrogens (tertiary/aromatic N) is 1. The van der Waals surface area contributed by atoms with Crippen LogP contribution in [0.1, 0.15) is 74.2 Å². The summed E-state index contributed by atoms with van der Waals surface area (Å²) in [6.07, 6.45) is 9.38. The number of piperidine rings is 1. The van der Waals surface area contributed by atoms with Crippen LogP contribution in [0, 0.1) is 6.92 Å². The van der Waals surface area contributed by atoms with Crippen LogP contribution < -0.4 is 5.32 Å². The Hall–Kier alpha value is -2.19. The number of carbonyl (C=O) groups excluding carboxylic acids is 2. The predicted octanol–water partition coefficient (Wildman–Crippen LogP) is 3.72. The molecule has 3 rings (SSSR count). The van der Waals surface area contributed by atoms with Gasteiger partial charge in [-0.15, -0.1) is 0 Å². The molecule has 1 atom stereocenters. The number of allylic oxidation sites excluding steroid dienone is 1. The molecule has 1 heterocycles. The molecule has 1 fully saturated rings. The second-order valence-electron chi connectivity index (χ2n) is 8.64. The summed E-state index contributed by atoms with van der Waals surface area (Å²) in [6, 6.07) is 4.50. The van der Waals surface area contributed by atoms with E-state index in [2.05, 4.69) is 11.4 Å². The van der Waals surface area contributed by atoms with Crippen molar-refractivity contribution in [1.82, 2.24) is 9.62 Å². The molecule has 0 unspecified atom stereocenters. The number of benzene rings is 1. The Labute approximate surface area is 191 Å². The zero-order chi connectivity index (χ0) is 23.1. The lowest BCUT2D eigenvalue weighted by atomic mass is 9.97. The summed E-state index contributed by atoms with van der Waals surface area (Å²) in [4.78, 5) is 25.1. The molecule has 1 saturated heterocycles. The smallest absolute Gasteiger partial charge is 0.338 e. The van der Waals surface area contributed by atoms with Crippen molar-refractivity contribution in [3.05, 3.63) is 41.0 Å². The van der Waals surface area contributed by atoms with Crippen LogP contribution in [0.3, 0.4) is 0 Å². The summed E-state index contributed by atoms with van der Waals surface area (Å²) in [7, 11) is -3.68. The summed E-state index contributed by atoms with van der Waals surface area (Å²) < 4.78 is 32.9. The first-order chi connectivity index (χ1) is 15.3. The number of sulfonamides is 1. The molecule has 1 aromatic carbocycles. The van der Waals surface area contributed by atoms with E-state index in [-0.39, 0.29) is 16.4 Å². The van der Waals surface area contributed by atoms with E-state index in [0.29, 0.717) is 25.2 Å². The normalized spacial score (nSPS) is 18.5. The molecule has 1 N–H and O–H groups in total. The maximum Gasteiger partial charge on any atom is 0.338 e. The van der Waals surface area contributed by atoms with E-state index in [4.69, 9.17) is 4.74 Å². The number of rotatable bonds is 8. The van der Waals surface area contributed by atoms with Gasteiger partial charge in [0.1, 0.15) is 0 Å². The Kier molecular flexibility index (Phi) is 8.48. The average molecular weight is 463 g/mol. The molecule has 0 radical (unpaired) electrons. The van der Waals surface area contributed by atoms with Crippen LogP contribution in [0.4, 0.5) is 0 Å². The number of hydrogen-bond acceptors (Lipinski definition) is 5. The van der Waals surface area contributed by atoms with Crippen molar-refractivity contribution in [3.8, 4) is 0 Å². The van der Waals surface area contributed by atoms with Gasteiger partial charge in [0.25, 0.3) is 5.91 Å². The molecule has 0 saturated carbocycles. The standard InChI is InChI=1S/C24H34N2O5S/c1-18-11-12-21(17-22(18)32(29,30)26-15-7-4-8-16-26)24(28)31-19(2)23(27)25-14-13-20-9-5-3-6-10-20/h9,11-12,17,19H,3-8,10,13-16H2,1-2H3,(H,25,27)/t19-/m1/s1. The number of carbonyl (C=O) groups is 2. The Bertz CT molecular complexity index is 965. The molecule has 7 nitrogen and oxygen atoms in total. The van der Waals surface area contributed by atoms with Crippen LogP contribution in [0.25, 0.3) is 0 Å². The maximum atomic E-state index is 13.1. The average Bonchev–Trinajstić information content (AvgIpc) is 2.80. The fourth-order valence-electron chi connectivity index (χ4n) is 4.15. The second-order valence-corrected chi connectivity index (χ2v) is 10.5. The van der Waals surface area contributed by atoms with Crippen molar-refractivity contribution in [2.75, 3.05) is 19.6 Å². The van der Waals surface area contributed by atoms with E-state index in [0.717, 1.165) is 38.5 Å². The van der Waals surface area contributed by atoms with Gasteiger partial charge >= 0.3 is 5.97 Å². The van der Waals surface area contributed by atoms with Gasteiger partial charge in [0.05, 0.1) is 10.5 Å². The molecule has 1 aliphatic heterocycles. The fraction of sp³-hybridized carbons (Fsp3) is 0.583. The van der Waals surface area contributed by atoms with E-state index >= 15 is 0 Å². The highest BCUT2D eigenvalue weighted by Crippen LogP contribution is 2.25. The van der Waals surface area contributed by atoms with Gasteiger partial charge in [0.2, 0.25) is 10.0 Å². The van der Waals surface area contributed by atoms with E-state index in [1.807, 2.05) is 0 Å². The molecular formula is C24H34N2O5S. The van der Waals surface area contributed by atoms with Gasteiger partial charge in [-0.2, -0.15) is 4.31 Å². The van der Waals surface area contributed by atoms with Crippen LogP contribution in [0.2, 0.25) is 0 Å². The van der Waals surface area contributed by atoms with Gasteiger partial charge in [0, 0.05) is 19.6 Å². The van der Waals surface area contributed by atoms with Crippen LogP contribution in [0.15, 0.2) is 34.7 Å². The maximum absolute atomic E-state index is 13.1. The molecule has 32 heavy (non-hydrogen) atoms. The Balaban J connectivity index is 1.60. The number of amides is 1. The van der Waals surface area contributed by atoms with Crippen molar-refractivity contribution in [3.63, 3.8) is 0 Å². The molecular weight excluding hydrogens is 428 g/mol. The Morgan fingerprint density at radius 3 is 2.56 bits per heavy atom. The van der Waals surface area contributed by atoms with Crippen LogP contribution >= 0.6 is 0 Å². The van der Waals surface area contributed by atoms with Crippen LogP contribution in [-0.2, 0) is 19.6 Å². The quantitative estimate of drug-likeness (QED) is 0.469. The van der Waals surface area contributed by atoms with E-state index in [9.17, 15) is 18.0 Å². The minimum absolute atomic E-state index is 0.117. The molecule has 176 valence electrons. The van der Waals surface area contributed by atoms with Crippen molar-refractivity contribution in [2.24, 2.45) is 0 Å². The molecule has 0 spiro atoms. The molecule has 1 aromatic rings. The topological polar surface area (TPSA) is 92.8 Å². The SMILES string of the molecule is Cc1ccc(C(=O)O[C@H](C)C(=O)NCCC2=CCCCC2)cc1S(=O)(=O)N1CCCCC1. The number of hydrogen-bond donors (Lipinski definition) is 1. The van der Waals surface area contributed by atoms with Gasteiger partial charge in [-0.05, 0) is 76.5 Å². The van der Waals surface area contributed by atoms with Crippen molar-refractivity contribution < 1.29 is 22.7 Å². The summed E-state index contributed by atoms with van der Waals surface area (Å²) in [6.45, 7) is 4.72. The lowest BCUT2D eigenvalue weighted by Crippen LogP contribution is -2.37. The fourth-order valence-corrected chi connectivity index (χ4v) is 5.92. The summed E-state index contributed by atoms with van der Waals surface area (Å²) >= 11 is 0. The largest absolute Gasteiger partial charge is 0.449 e. The van der Waals surface area contributed by atoms with Gasteiger partial charge < -0.3 is 10.1 Å². The first-order valence-corrected chi connectivity index (χ1v) is 13.0. The lowest BCUT2D eigenvalue weighted by Gasteiger charge is -2.26. The molecule has 0 bridgehead atoms. The number of aryl methyl sites for hydroxylation is 1. The highest BCUT2D eigenvalue weighted by Gasteiger charge is 2.28. The third kappa shape index (κ3) is 6.19.